The normalized spacial score (nSPS) is 11.3. The lowest BCUT2D eigenvalue weighted by Gasteiger charge is -2.01. The van der Waals surface area contributed by atoms with Crippen molar-refractivity contribution >= 4 is 33.4 Å². The highest BCUT2D eigenvalue weighted by molar-refractivity contribution is 6.13. The van der Waals surface area contributed by atoms with E-state index in [0.717, 1.165) is 45.8 Å². The molecule has 0 aliphatic carbocycles. The van der Waals surface area contributed by atoms with Gasteiger partial charge in [0.1, 0.15) is 0 Å². The number of Topliss-reactive ketones (excluding diaryl/α,β-unsaturated/α-hetero) is 2. The maximum Gasteiger partial charge on any atom is 0.162 e. The summed E-state index contributed by atoms with van der Waals surface area (Å²) in [6.45, 7) is 4.03. The molecule has 0 unspecified atom stereocenters. The van der Waals surface area contributed by atoms with Crippen LogP contribution in [0.5, 0.6) is 0 Å². The molecular formula is C21H23NO2. The molecular weight excluding hydrogens is 298 g/mol. The predicted octanol–water partition coefficient (Wildman–Crippen LogP) is 5.30. The fraction of sp³-hybridized carbons (Fsp3) is 0.333. The number of hydrogen-bond acceptors (Lipinski definition) is 2. The van der Waals surface area contributed by atoms with Crippen LogP contribution in [0.15, 0.2) is 36.4 Å². The van der Waals surface area contributed by atoms with Gasteiger partial charge in [0.05, 0.1) is 0 Å². The molecule has 0 radical (unpaired) electrons. The van der Waals surface area contributed by atoms with Gasteiger partial charge in [0.25, 0.3) is 0 Å². The van der Waals surface area contributed by atoms with Crippen molar-refractivity contribution in [3.63, 3.8) is 0 Å². The monoisotopic (exact) mass is 321 g/mol. The molecule has 0 saturated heterocycles. The van der Waals surface area contributed by atoms with E-state index in [1.807, 2.05) is 57.3 Å². The Labute approximate surface area is 142 Å². The Hall–Kier alpha value is -2.42. The van der Waals surface area contributed by atoms with E-state index in [4.69, 9.17) is 0 Å². The number of carbonyl (C=O) groups is 2. The van der Waals surface area contributed by atoms with Gasteiger partial charge in [0, 0.05) is 52.8 Å². The van der Waals surface area contributed by atoms with Crippen molar-refractivity contribution in [1.82, 2.24) is 4.57 Å². The van der Waals surface area contributed by atoms with Gasteiger partial charge < -0.3 is 4.57 Å². The van der Waals surface area contributed by atoms with Crippen molar-refractivity contribution in [2.45, 2.75) is 39.5 Å². The maximum atomic E-state index is 12.2. The Kier molecular flexibility index (Phi) is 4.52. The predicted molar refractivity (Wildman–Crippen MR) is 98.9 cm³/mol. The van der Waals surface area contributed by atoms with Crippen molar-refractivity contribution < 1.29 is 9.59 Å². The SMILES string of the molecule is CCCC(=O)c1ccc2c(c1)c1cc(C(=O)CCC)ccc1n2C. The van der Waals surface area contributed by atoms with Crippen LogP contribution in [-0.2, 0) is 7.05 Å². The number of hydrogen-bond donors (Lipinski definition) is 0. The minimum atomic E-state index is 0.176. The van der Waals surface area contributed by atoms with Crippen LogP contribution in [0.25, 0.3) is 21.8 Å². The summed E-state index contributed by atoms with van der Waals surface area (Å²) in [6, 6.07) is 11.8. The third-order valence-electron chi connectivity index (χ3n) is 4.60. The molecule has 3 nitrogen and oxygen atoms in total. The zero-order chi connectivity index (χ0) is 17.3. The minimum absolute atomic E-state index is 0.176. The van der Waals surface area contributed by atoms with Gasteiger partial charge in [-0.25, -0.2) is 0 Å². The molecule has 0 aliphatic rings. The van der Waals surface area contributed by atoms with Crippen molar-refractivity contribution in [3.8, 4) is 0 Å². The summed E-state index contributed by atoms with van der Waals surface area (Å²) in [4.78, 5) is 24.5. The fourth-order valence-corrected chi connectivity index (χ4v) is 3.31. The standard InChI is InChI=1S/C21H23NO2/c1-4-6-20(23)14-8-10-18-16(12-14)17-13-15(21(24)7-5-2)9-11-19(17)22(18)3/h8-13H,4-7H2,1-3H3. The average Bonchev–Trinajstić information content (AvgIpc) is 2.87. The molecule has 1 aromatic heterocycles. The number of ketones is 2. The summed E-state index contributed by atoms with van der Waals surface area (Å²) in [5.74, 6) is 0.351. The lowest BCUT2D eigenvalue weighted by molar-refractivity contribution is 0.0973. The highest BCUT2D eigenvalue weighted by Gasteiger charge is 2.14. The second-order valence-corrected chi connectivity index (χ2v) is 6.37. The molecule has 0 atom stereocenters. The molecule has 3 heteroatoms. The molecule has 2 aromatic carbocycles. The smallest absolute Gasteiger partial charge is 0.162 e. The topological polar surface area (TPSA) is 39.1 Å². The van der Waals surface area contributed by atoms with Crippen LogP contribution in [0.3, 0.4) is 0 Å². The maximum absolute atomic E-state index is 12.2. The number of aromatic nitrogens is 1. The molecule has 3 aromatic rings. The quantitative estimate of drug-likeness (QED) is 0.578. The highest BCUT2D eigenvalue weighted by atomic mass is 16.1. The van der Waals surface area contributed by atoms with Gasteiger partial charge >= 0.3 is 0 Å². The lowest BCUT2D eigenvalue weighted by atomic mass is 10.0. The Bertz CT molecular complexity index is 859. The van der Waals surface area contributed by atoms with Gasteiger partial charge in [0.2, 0.25) is 0 Å². The molecule has 0 N–H and O–H groups in total. The second-order valence-electron chi connectivity index (χ2n) is 6.37. The van der Waals surface area contributed by atoms with Gasteiger partial charge in [-0.1, -0.05) is 13.8 Å². The molecule has 0 aliphatic heterocycles. The number of benzene rings is 2. The lowest BCUT2D eigenvalue weighted by Crippen LogP contribution is -1.98. The third kappa shape index (κ3) is 2.75. The Balaban J connectivity index is 2.20. The molecule has 0 bridgehead atoms. The molecule has 0 fully saturated rings. The van der Waals surface area contributed by atoms with Gasteiger partial charge in [-0.15, -0.1) is 0 Å². The van der Waals surface area contributed by atoms with Crippen LogP contribution in [0.2, 0.25) is 0 Å². The van der Waals surface area contributed by atoms with E-state index in [-0.39, 0.29) is 11.6 Å². The number of aryl methyl sites for hydroxylation is 1. The van der Waals surface area contributed by atoms with Crippen molar-refractivity contribution in [2.75, 3.05) is 0 Å². The van der Waals surface area contributed by atoms with Crippen LogP contribution in [-0.4, -0.2) is 16.1 Å². The van der Waals surface area contributed by atoms with Crippen LogP contribution in [0.1, 0.15) is 60.2 Å². The summed E-state index contributed by atoms with van der Waals surface area (Å²) >= 11 is 0. The Morgan fingerprint density at radius 1 is 0.792 bits per heavy atom. The van der Waals surface area contributed by atoms with Gasteiger partial charge in [-0.3, -0.25) is 9.59 Å². The zero-order valence-electron chi connectivity index (χ0n) is 14.6. The summed E-state index contributed by atoms with van der Waals surface area (Å²) in [7, 11) is 2.02. The van der Waals surface area contributed by atoms with E-state index < -0.39 is 0 Å². The molecule has 0 spiro atoms. The Morgan fingerprint density at radius 2 is 1.21 bits per heavy atom. The largest absolute Gasteiger partial charge is 0.344 e. The highest BCUT2D eigenvalue weighted by Crippen LogP contribution is 2.30. The van der Waals surface area contributed by atoms with Crippen LogP contribution in [0.4, 0.5) is 0 Å². The molecule has 1 heterocycles. The van der Waals surface area contributed by atoms with E-state index >= 15 is 0 Å². The van der Waals surface area contributed by atoms with Gasteiger partial charge in [-0.2, -0.15) is 0 Å². The third-order valence-corrected chi connectivity index (χ3v) is 4.60. The van der Waals surface area contributed by atoms with Crippen molar-refractivity contribution in [1.29, 1.82) is 0 Å². The summed E-state index contributed by atoms with van der Waals surface area (Å²) in [6.07, 6.45) is 2.83. The van der Waals surface area contributed by atoms with Crippen LogP contribution in [0, 0.1) is 0 Å². The minimum Gasteiger partial charge on any atom is -0.344 e. The first-order chi connectivity index (χ1) is 11.6. The molecule has 24 heavy (non-hydrogen) atoms. The second kappa shape index (κ2) is 6.60. The fourth-order valence-electron chi connectivity index (χ4n) is 3.31. The van der Waals surface area contributed by atoms with E-state index in [1.54, 1.807) is 0 Å². The number of fused-ring (bicyclic) bond motifs is 3. The summed E-state index contributed by atoms with van der Waals surface area (Å²) in [5.41, 5.74) is 3.67. The molecule has 0 amide bonds. The Morgan fingerprint density at radius 3 is 1.58 bits per heavy atom. The first-order valence-electron chi connectivity index (χ1n) is 8.65. The number of carbonyl (C=O) groups excluding carboxylic acids is 2. The summed E-state index contributed by atoms with van der Waals surface area (Å²) < 4.78 is 2.12. The molecule has 124 valence electrons. The van der Waals surface area contributed by atoms with Gasteiger partial charge in [-0.05, 0) is 49.2 Å². The van der Waals surface area contributed by atoms with Crippen LogP contribution >= 0.6 is 0 Å². The van der Waals surface area contributed by atoms with E-state index in [1.165, 1.54) is 0 Å². The average molecular weight is 321 g/mol. The molecule has 3 rings (SSSR count). The van der Waals surface area contributed by atoms with Gasteiger partial charge in [0.15, 0.2) is 11.6 Å². The van der Waals surface area contributed by atoms with E-state index in [0.29, 0.717) is 12.8 Å². The van der Waals surface area contributed by atoms with Crippen molar-refractivity contribution in [2.24, 2.45) is 7.05 Å². The number of rotatable bonds is 6. The van der Waals surface area contributed by atoms with E-state index in [9.17, 15) is 9.59 Å². The van der Waals surface area contributed by atoms with E-state index in [2.05, 4.69) is 4.57 Å². The summed E-state index contributed by atoms with van der Waals surface area (Å²) in [5, 5.41) is 2.08. The van der Waals surface area contributed by atoms with Crippen LogP contribution < -0.4 is 0 Å². The first kappa shape index (κ1) is 16.4. The zero-order valence-corrected chi connectivity index (χ0v) is 14.6. The molecule has 0 saturated carbocycles. The number of nitrogens with zero attached hydrogens (tertiary/aromatic N) is 1. The first-order valence-corrected chi connectivity index (χ1v) is 8.65. The van der Waals surface area contributed by atoms with Crippen molar-refractivity contribution in [3.05, 3.63) is 47.5 Å².